The summed E-state index contributed by atoms with van der Waals surface area (Å²) in [6.07, 6.45) is 0. The van der Waals surface area contributed by atoms with Gasteiger partial charge in [-0.3, -0.25) is 19.2 Å². The van der Waals surface area contributed by atoms with Crippen LogP contribution < -0.4 is 0 Å². The number of likely N-dealkylation sites (N-methyl/N-ethyl adjacent to an activating group) is 3. The molecule has 3 aliphatic rings. The number of amidine groups is 1. The van der Waals surface area contributed by atoms with Crippen LogP contribution in [0.5, 0.6) is 0 Å². The summed E-state index contributed by atoms with van der Waals surface area (Å²) < 4.78 is 2.20. The lowest BCUT2D eigenvalue weighted by atomic mass is 10.1. The molecule has 9 heteroatoms. The van der Waals surface area contributed by atoms with Crippen LogP contribution in [-0.4, -0.2) is 101 Å². The molecule has 1 aromatic carbocycles. The molecule has 2 saturated heterocycles. The van der Waals surface area contributed by atoms with Crippen molar-refractivity contribution in [3.63, 3.8) is 0 Å². The monoisotopic (exact) mass is 403 g/mol. The van der Waals surface area contributed by atoms with E-state index in [9.17, 15) is 9.59 Å². The predicted octanol–water partition coefficient (Wildman–Crippen LogP) is 0.760. The van der Waals surface area contributed by atoms with Gasteiger partial charge in [0, 0.05) is 32.2 Å². The lowest BCUT2D eigenvalue weighted by molar-refractivity contribution is -0.544. The Bertz CT molecular complexity index is 871. The van der Waals surface area contributed by atoms with E-state index in [-0.39, 0.29) is 11.9 Å². The van der Waals surface area contributed by atoms with Crippen molar-refractivity contribution in [3.8, 4) is 0 Å². The minimum absolute atomic E-state index is 0.250. The van der Waals surface area contributed by atoms with Crippen LogP contribution >= 0.6 is 11.6 Å². The van der Waals surface area contributed by atoms with Gasteiger partial charge < -0.3 is 4.90 Å². The van der Waals surface area contributed by atoms with Gasteiger partial charge in [0.1, 0.15) is 0 Å². The van der Waals surface area contributed by atoms with E-state index in [1.165, 1.54) is 16.8 Å². The molecule has 2 fully saturated rings. The van der Waals surface area contributed by atoms with E-state index in [4.69, 9.17) is 16.6 Å². The van der Waals surface area contributed by atoms with Crippen molar-refractivity contribution in [2.75, 3.05) is 47.3 Å². The number of aliphatic imine (C=N–C) groups is 1. The molecule has 3 aliphatic heterocycles. The zero-order valence-electron chi connectivity index (χ0n) is 16.3. The van der Waals surface area contributed by atoms with Gasteiger partial charge in [0.25, 0.3) is 5.91 Å². The normalized spacial score (nSPS) is 23.5. The number of hydrogen-bond donors (Lipinski definition) is 0. The number of piperazine rings is 1. The number of hydrogen-bond acceptors (Lipinski definition) is 3. The van der Waals surface area contributed by atoms with Crippen molar-refractivity contribution in [1.82, 2.24) is 19.6 Å². The summed E-state index contributed by atoms with van der Waals surface area (Å²) in [5.74, 6) is 1.00. The van der Waals surface area contributed by atoms with Gasteiger partial charge >= 0.3 is 12.0 Å². The molecule has 0 saturated carbocycles. The number of nitrogens with zero attached hydrogens (tertiary/aromatic N) is 6. The van der Waals surface area contributed by atoms with Crippen molar-refractivity contribution >= 4 is 35.3 Å². The third kappa shape index (κ3) is 3.16. The number of halogens is 1. The largest absolute Gasteiger partial charge is 0.392 e. The third-order valence-electron chi connectivity index (χ3n) is 5.56. The number of rotatable bonds is 2. The Labute approximate surface area is 169 Å². The molecule has 148 valence electrons. The SMILES string of the molecule is CN1CC[N+](=C2N=C3C(C(=O)N(C)C(=O)N3C)N2Cc2ccc(Cl)cc2)CC1. The summed E-state index contributed by atoms with van der Waals surface area (Å²) in [6.45, 7) is 4.02. The molecule has 8 nitrogen and oxygen atoms in total. The van der Waals surface area contributed by atoms with Crippen LogP contribution in [0, 0.1) is 0 Å². The molecular formula is C19H24ClN6O2+. The first kappa shape index (κ1) is 18.9. The number of fused-ring (bicyclic) bond motifs is 1. The quantitative estimate of drug-likeness (QED) is 0.684. The summed E-state index contributed by atoms with van der Waals surface area (Å²) in [7, 11) is 5.29. The first-order valence-electron chi connectivity index (χ1n) is 9.32. The highest BCUT2D eigenvalue weighted by Gasteiger charge is 2.55. The van der Waals surface area contributed by atoms with E-state index in [1.807, 2.05) is 29.2 Å². The number of carbonyl (C=O) groups excluding carboxylic acids is 2. The van der Waals surface area contributed by atoms with Crippen LogP contribution in [0.2, 0.25) is 5.02 Å². The molecule has 0 aliphatic carbocycles. The molecule has 0 N–H and O–H groups in total. The van der Waals surface area contributed by atoms with Gasteiger partial charge in [-0.15, -0.1) is 0 Å². The maximum absolute atomic E-state index is 13.0. The Balaban J connectivity index is 1.75. The number of carbonyl (C=O) groups is 2. The Kier molecular flexibility index (Phi) is 4.84. The van der Waals surface area contributed by atoms with Gasteiger partial charge in [-0.05, 0) is 24.7 Å². The minimum atomic E-state index is -0.599. The standard InChI is InChI=1S/C19H24ClN6O2/c1-22-8-10-25(11-9-22)18-21-16-15(17(27)24(3)19(28)23(16)2)26(18)12-13-4-6-14(20)7-5-13/h4-7,15H,8-12H2,1-3H3/q+1. The fourth-order valence-corrected chi connectivity index (χ4v) is 3.92. The first-order chi connectivity index (χ1) is 13.4. The van der Waals surface area contributed by atoms with Crippen molar-refractivity contribution in [2.24, 2.45) is 4.99 Å². The van der Waals surface area contributed by atoms with Crippen LogP contribution in [0.25, 0.3) is 0 Å². The van der Waals surface area contributed by atoms with Crippen molar-refractivity contribution in [3.05, 3.63) is 34.9 Å². The lowest BCUT2D eigenvalue weighted by Gasteiger charge is -2.33. The topological polar surface area (TPSA) is 62.5 Å². The highest BCUT2D eigenvalue weighted by molar-refractivity contribution is 6.30. The zero-order chi connectivity index (χ0) is 20.0. The average Bonchev–Trinajstić information content (AvgIpc) is 3.06. The maximum Gasteiger partial charge on any atom is 0.392 e. The van der Waals surface area contributed by atoms with Crippen LogP contribution in [0.15, 0.2) is 29.3 Å². The predicted molar refractivity (Wildman–Crippen MR) is 107 cm³/mol. The van der Waals surface area contributed by atoms with Crippen molar-refractivity contribution < 1.29 is 14.2 Å². The molecule has 1 atom stereocenters. The van der Waals surface area contributed by atoms with Crippen LogP contribution in [0.1, 0.15) is 5.56 Å². The molecule has 3 heterocycles. The van der Waals surface area contributed by atoms with E-state index >= 15 is 0 Å². The van der Waals surface area contributed by atoms with E-state index in [1.54, 1.807) is 7.05 Å². The molecule has 0 radical (unpaired) electrons. The Hall–Kier alpha value is -2.45. The first-order valence-corrected chi connectivity index (χ1v) is 9.70. The summed E-state index contributed by atoms with van der Waals surface area (Å²) >= 11 is 6.02. The summed E-state index contributed by atoms with van der Waals surface area (Å²) in [4.78, 5) is 37.1. The lowest BCUT2D eigenvalue weighted by Crippen LogP contribution is -2.62. The van der Waals surface area contributed by atoms with Gasteiger partial charge in [-0.1, -0.05) is 28.7 Å². The number of guanidine groups is 1. The molecule has 4 rings (SSSR count). The molecule has 3 amide bonds. The Morgan fingerprint density at radius 1 is 1.07 bits per heavy atom. The highest BCUT2D eigenvalue weighted by Crippen LogP contribution is 2.25. The molecule has 0 aromatic heterocycles. The highest BCUT2D eigenvalue weighted by atomic mass is 35.5. The van der Waals surface area contributed by atoms with Crippen molar-refractivity contribution in [2.45, 2.75) is 12.6 Å². The second-order valence-electron chi connectivity index (χ2n) is 7.46. The van der Waals surface area contributed by atoms with E-state index in [0.717, 1.165) is 37.7 Å². The van der Waals surface area contributed by atoms with Gasteiger partial charge in [-0.2, -0.15) is 0 Å². The summed E-state index contributed by atoms with van der Waals surface area (Å²) in [5.41, 5.74) is 1.03. The second-order valence-corrected chi connectivity index (χ2v) is 7.89. The fourth-order valence-electron chi connectivity index (χ4n) is 3.79. The second kappa shape index (κ2) is 7.18. The maximum atomic E-state index is 13.0. The molecule has 0 spiro atoms. The van der Waals surface area contributed by atoms with Gasteiger partial charge in [0.15, 0.2) is 0 Å². The van der Waals surface area contributed by atoms with Gasteiger partial charge in [-0.25, -0.2) is 9.69 Å². The van der Waals surface area contributed by atoms with Crippen molar-refractivity contribution in [1.29, 1.82) is 0 Å². The van der Waals surface area contributed by atoms with E-state index in [2.05, 4.69) is 16.5 Å². The molecule has 1 unspecified atom stereocenters. The number of amides is 3. The molecular weight excluding hydrogens is 380 g/mol. The molecule has 1 aromatic rings. The number of urea groups is 1. The van der Waals surface area contributed by atoms with Crippen LogP contribution in [-0.2, 0) is 11.3 Å². The zero-order valence-corrected chi connectivity index (χ0v) is 17.1. The Morgan fingerprint density at radius 2 is 1.71 bits per heavy atom. The van der Waals surface area contributed by atoms with Gasteiger partial charge in [0.2, 0.25) is 11.9 Å². The van der Waals surface area contributed by atoms with E-state index in [0.29, 0.717) is 17.4 Å². The average molecular weight is 404 g/mol. The van der Waals surface area contributed by atoms with E-state index < -0.39 is 6.04 Å². The minimum Gasteiger partial charge on any atom is -0.300 e. The summed E-state index contributed by atoms with van der Waals surface area (Å²) in [6, 6.07) is 6.63. The van der Waals surface area contributed by atoms with Gasteiger partial charge in [0.05, 0.1) is 19.6 Å². The number of imide groups is 1. The smallest absolute Gasteiger partial charge is 0.300 e. The Morgan fingerprint density at radius 3 is 2.36 bits per heavy atom. The molecule has 0 bridgehead atoms. The third-order valence-corrected chi connectivity index (χ3v) is 5.81. The fraction of sp³-hybridized carbons (Fsp3) is 0.474. The van der Waals surface area contributed by atoms with Crippen LogP contribution in [0.3, 0.4) is 0 Å². The molecule has 28 heavy (non-hydrogen) atoms. The summed E-state index contributed by atoms with van der Waals surface area (Å²) in [5, 5.41) is 0.671. The van der Waals surface area contributed by atoms with Crippen LogP contribution in [0.4, 0.5) is 4.79 Å². The number of benzene rings is 1.